The first-order chi connectivity index (χ1) is 7.75. The summed E-state index contributed by atoms with van der Waals surface area (Å²) in [5, 5.41) is 4.00. The van der Waals surface area contributed by atoms with Crippen molar-refractivity contribution < 1.29 is 4.79 Å². The average molecular weight is 212 g/mol. The van der Waals surface area contributed by atoms with Crippen molar-refractivity contribution in [1.82, 2.24) is 9.88 Å². The Morgan fingerprint density at radius 1 is 1.31 bits per heavy atom. The molecule has 1 aromatic heterocycles. The highest BCUT2D eigenvalue weighted by atomic mass is 16.1. The molecule has 0 fully saturated rings. The first kappa shape index (κ1) is 9.21. The highest BCUT2D eigenvalue weighted by molar-refractivity contribution is 6.05. The summed E-state index contributed by atoms with van der Waals surface area (Å²) in [6.07, 6.45) is 3.76. The van der Waals surface area contributed by atoms with Gasteiger partial charge < -0.3 is 9.88 Å². The molecule has 1 N–H and O–H groups in total. The van der Waals surface area contributed by atoms with Crippen LogP contribution in [-0.2, 0) is 11.8 Å². The fourth-order valence-corrected chi connectivity index (χ4v) is 2.21. The van der Waals surface area contributed by atoms with E-state index in [4.69, 9.17) is 0 Å². The summed E-state index contributed by atoms with van der Waals surface area (Å²) in [5.74, 6) is 0.00272. The van der Waals surface area contributed by atoms with Gasteiger partial charge in [0.05, 0.1) is 0 Å². The van der Waals surface area contributed by atoms with Crippen LogP contribution in [0.1, 0.15) is 5.56 Å². The maximum absolute atomic E-state index is 11.2. The molecular weight excluding hydrogens is 200 g/mol. The number of benzene rings is 1. The van der Waals surface area contributed by atoms with Gasteiger partial charge in [0.25, 0.3) is 0 Å². The number of nitrogens with zero attached hydrogens (tertiary/aromatic N) is 1. The Balaban J connectivity index is 2.25. The second-order valence-electron chi connectivity index (χ2n) is 4.06. The normalized spacial score (nSPS) is 15.3. The van der Waals surface area contributed by atoms with Crippen LogP contribution in [0, 0.1) is 0 Å². The van der Waals surface area contributed by atoms with Gasteiger partial charge >= 0.3 is 0 Å². The Kier molecular flexibility index (Phi) is 1.86. The molecule has 0 atom stereocenters. The molecule has 1 aliphatic rings. The van der Waals surface area contributed by atoms with Crippen LogP contribution in [0.4, 0.5) is 0 Å². The van der Waals surface area contributed by atoms with Gasteiger partial charge in [0.2, 0.25) is 5.91 Å². The molecular formula is C13H12N2O. The lowest BCUT2D eigenvalue weighted by atomic mass is 10.1. The molecule has 0 spiro atoms. The Morgan fingerprint density at radius 3 is 2.88 bits per heavy atom. The molecule has 80 valence electrons. The van der Waals surface area contributed by atoms with Crippen LogP contribution in [0.25, 0.3) is 16.5 Å². The lowest BCUT2D eigenvalue weighted by Gasteiger charge is -1.98. The van der Waals surface area contributed by atoms with Gasteiger partial charge in [0.15, 0.2) is 0 Å². The van der Waals surface area contributed by atoms with Crippen molar-refractivity contribution in [2.24, 2.45) is 7.05 Å². The van der Waals surface area contributed by atoms with Crippen LogP contribution in [0.2, 0.25) is 0 Å². The van der Waals surface area contributed by atoms with Crippen LogP contribution in [0.3, 0.4) is 0 Å². The number of hydrogen-bond donors (Lipinski definition) is 1. The van der Waals surface area contributed by atoms with Crippen LogP contribution in [-0.4, -0.2) is 17.0 Å². The van der Waals surface area contributed by atoms with E-state index in [2.05, 4.69) is 28.2 Å². The molecule has 0 saturated heterocycles. The van der Waals surface area contributed by atoms with Crippen molar-refractivity contribution in [3.8, 4) is 0 Å². The number of aromatic nitrogens is 1. The molecule has 16 heavy (non-hydrogen) atoms. The van der Waals surface area contributed by atoms with Gasteiger partial charge in [-0.1, -0.05) is 18.2 Å². The smallest absolute Gasteiger partial charge is 0.244 e. The molecule has 0 unspecified atom stereocenters. The minimum atomic E-state index is 0.00272. The van der Waals surface area contributed by atoms with Gasteiger partial charge in [0, 0.05) is 42.3 Å². The first-order valence-corrected chi connectivity index (χ1v) is 5.28. The molecule has 0 aliphatic carbocycles. The van der Waals surface area contributed by atoms with Crippen LogP contribution < -0.4 is 5.32 Å². The number of hydrogen-bond acceptors (Lipinski definition) is 1. The monoisotopic (exact) mass is 212 g/mol. The molecule has 0 saturated carbocycles. The predicted molar refractivity (Wildman–Crippen MR) is 63.9 cm³/mol. The second-order valence-corrected chi connectivity index (χ2v) is 4.06. The molecule has 2 heterocycles. The van der Waals surface area contributed by atoms with Gasteiger partial charge in [-0.05, 0) is 11.6 Å². The quantitative estimate of drug-likeness (QED) is 0.767. The van der Waals surface area contributed by atoms with Gasteiger partial charge in [-0.15, -0.1) is 0 Å². The number of carbonyl (C=O) groups excluding carboxylic acids is 1. The third-order valence-electron chi connectivity index (χ3n) is 3.00. The van der Waals surface area contributed by atoms with Crippen LogP contribution in [0.5, 0.6) is 0 Å². The van der Waals surface area contributed by atoms with Gasteiger partial charge in [-0.25, -0.2) is 0 Å². The Bertz CT molecular complexity index is 607. The summed E-state index contributed by atoms with van der Waals surface area (Å²) in [6, 6.07) is 8.23. The molecule has 3 heteroatoms. The van der Waals surface area contributed by atoms with Crippen molar-refractivity contribution in [3.63, 3.8) is 0 Å². The lowest BCUT2D eigenvalue weighted by Crippen LogP contribution is -2.14. The standard InChI is InChI=1S/C13H12N2O/c1-15-8-11(9-6-13(16)14-7-9)10-4-2-3-5-12(10)15/h2-6,8H,7H2,1H3,(H,14,16). The summed E-state index contributed by atoms with van der Waals surface area (Å²) in [7, 11) is 2.02. The van der Waals surface area contributed by atoms with E-state index in [1.807, 2.05) is 19.2 Å². The van der Waals surface area contributed by atoms with Gasteiger partial charge in [-0.2, -0.15) is 0 Å². The Hall–Kier alpha value is -2.03. The largest absolute Gasteiger partial charge is 0.350 e. The van der Waals surface area contributed by atoms with Crippen molar-refractivity contribution in [1.29, 1.82) is 0 Å². The number of nitrogens with one attached hydrogen (secondary N) is 1. The minimum Gasteiger partial charge on any atom is -0.350 e. The SMILES string of the molecule is Cn1cc(C2=CC(=O)NC2)c2ccccc21. The fourth-order valence-electron chi connectivity index (χ4n) is 2.21. The number of para-hydroxylation sites is 1. The third kappa shape index (κ3) is 1.25. The zero-order valence-electron chi connectivity index (χ0n) is 9.03. The van der Waals surface area contributed by atoms with Crippen molar-refractivity contribution in [2.75, 3.05) is 6.54 Å². The molecule has 1 amide bonds. The molecule has 3 nitrogen and oxygen atoms in total. The van der Waals surface area contributed by atoms with Gasteiger partial charge in [0.1, 0.15) is 0 Å². The van der Waals surface area contributed by atoms with E-state index in [0.29, 0.717) is 6.54 Å². The third-order valence-corrected chi connectivity index (χ3v) is 3.00. The minimum absolute atomic E-state index is 0.00272. The zero-order chi connectivity index (χ0) is 11.1. The van der Waals surface area contributed by atoms with Crippen molar-refractivity contribution >= 4 is 22.4 Å². The molecule has 1 aromatic carbocycles. The zero-order valence-corrected chi connectivity index (χ0v) is 9.03. The second kappa shape index (κ2) is 3.23. The Morgan fingerprint density at radius 2 is 2.12 bits per heavy atom. The van der Waals surface area contributed by atoms with E-state index < -0.39 is 0 Å². The van der Waals surface area contributed by atoms with Gasteiger partial charge in [-0.3, -0.25) is 4.79 Å². The van der Waals surface area contributed by atoms with Crippen molar-refractivity contribution in [2.45, 2.75) is 0 Å². The molecule has 2 aromatic rings. The number of fused-ring (bicyclic) bond motifs is 1. The number of amides is 1. The lowest BCUT2D eigenvalue weighted by molar-refractivity contribution is -0.115. The van der Waals surface area contributed by atoms with E-state index >= 15 is 0 Å². The van der Waals surface area contributed by atoms with E-state index in [1.165, 1.54) is 10.9 Å². The summed E-state index contributed by atoms with van der Waals surface area (Å²) < 4.78 is 2.09. The summed E-state index contributed by atoms with van der Waals surface area (Å²) in [6.45, 7) is 0.632. The fraction of sp³-hybridized carbons (Fsp3) is 0.154. The molecule has 1 aliphatic heterocycles. The van der Waals surface area contributed by atoms with E-state index in [0.717, 1.165) is 11.1 Å². The number of rotatable bonds is 1. The maximum atomic E-state index is 11.2. The Labute approximate surface area is 93.4 Å². The summed E-state index contributed by atoms with van der Waals surface area (Å²) >= 11 is 0. The highest BCUT2D eigenvalue weighted by Gasteiger charge is 2.16. The van der Waals surface area contributed by atoms with Crippen LogP contribution in [0.15, 0.2) is 36.5 Å². The van der Waals surface area contributed by atoms with Crippen molar-refractivity contribution in [3.05, 3.63) is 42.1 Å². The number of aryl methyl sites for hydroxylation is 1. The van der Waals surface area contributed by atoms with Crippen LogP contribution >= 0.6 is 0 Å². The van der Waals surface area contributed by atoms with E-state index in [9.17, 15) is 4.79 Å². The average Bonchev–Trinajstić information content (AvgIpc) is 2.84. The summed E-state index contributed by atoms with van der Waals surface area (Å²) in [5.41, 5.74) is 3.41. The maximum Gasteiger partial charge on any atom is 0.244 e. The van der Waals surface area contributed by atoms with E-state index in [1.54, 1.807) is 6.08 Å². The first-order valence-electron chi connectivity index (χ1n) is 5.28. The number of carbonyl (C=O) groups is 1. The topological polar surface area (TPSA) is 34.0 Å². The molecule has 3 rings (SSSR count). The highest BCUT2D eigenvalue weighted by Crippen LogP contribution is 2.27. The molecule has 0 bridgehead atoms. The van der Waals surface area contributed by atoms with E-state index in [-0.39, 0.29) is 5.91 Å². The predicted octanol–water partition coefficient (Wildman–Crippen LogP) is 1.69. The summed E-state index contributed by atoms with van der Waals surface area (Å²) in [4.78, 5) is 11.2. The molecule has 0 radical (unpaired) electrons.